The van der Waals surface area contributed by atoms with Crippen LogP contribution in [0.15, 0.2) is 203 Å². The molecule has 0 aliphatic carbocycles. The number of nitrogens with zero attached hydrogens (tertiary/aromatic N) is 6. The van der Waals surface area contributed by atoms with Gasteiger partial charge in [-0.05, 0) is 42.5 Å². The van der Waals surface area contributed by atoms with E-state index in [9.17, 15) is 5.26 Å². The molecule has 0 radical (unpaired) electrons. The molecule has 9 aromatic carbocycles. The monoisotopic (exact) mass is 844 g/mol. The zero-order chi connectivity index (χ0) is 43.5. The Hall–Kier alpha value is -9.32. The van der Waals surface area contributed by atoms with Crippen molar-refractivity contribution in [2.75, 3.05) is 0 Å². The first kappa shape index (κ1) is 36.2. The van der Waals surface area contributed by atoms with E-state index in [4.69, 9.17) is 23.8 Å². The van der Waals surface area contributed by atoms with Crippen molar-refractivity contribution in [1.29, 1.82) is 5.26 Å². The smallest absolute Gasteiger partial charge is 0.166 e. The summed E-state index contributed by atoms with van der Waals surface area (Å²) in [5.41, 5.74) is 11.2. The fraction of sp³-hybridized carbons (Fsp3) is 0. The van der Waals surface area contributed by atoms with Gasteiger partial charge in [-0.1, -0.05) is 152 Å². The van der Waals surface area contributed by atoms with Crippen LogP contribution in [0, 0.1) is 11.3 Å². The zero-order valence-electron chi connectivity index (χ0n) is 35.0. The Bertz CT molecular complexity index is 4290. The highest BCUT2D eigenvalue weighted by Gasteiger charge is 2.31. The van der Waals surface area contributed by atoms with E-state index in [1.54, 1.807) is 0 Å². The molecule has 0 spiro atoms. The van der Waals surface area contributed by atoms with Crippen molar-refractivity contribution < 1.29 is 8.83 Å². The van der Waals surface area contributed by atoms with Crippen LogP contribution in [0.1, 0.15) is 5.56 Å². The van der Waals surface area contributed by atoms with Crippen LogP contribution in [0.5, 0.6) is 0 Å². The summed E-state index contributed by atoms with van der Waals surface area (Å²) in [5, 5.41) is 19.2. The van der Waals surface area contributed by atoms with Crippen molar-refractivity contribution in [2.24, 2.45) is 0 Å². The molecule has 14 aromatic rings. The molecule has 0 atom stereocenters. The van der Waals surface area contributed by atoms with Gasteiger partial charge in [0.25, 0.3) is 0 Å². The van der Waals surface area contributed by atoms with E-state index in [-0.39, 0.29) is 0 Å². The number of para-hydroxylation sites is 5. The minimum atomic E-state index is 0.377. The van der Waals surface area contributed by atoms with Gasteiger partial charge in [-0.25, -0.2) is 15.0 Å². The molecule has 8 heteroatoms. The lowest BCUT2D eigenvalue weighted by molar-refractivity contribution is 0.666. The number of fused-ring (bicyclic) bond motifs is 15. The molecule has 0 saturated heterocycles. The average Bonchev–Trinajstić information content (AvgIpc) is 4.15. The van der Waals surface area contributed by atoms with Gasteiger partial charge in [-0.15, -0.1) is 0 Å². The summed E-state index contributed by atoms with van der Waals surface area (Å²) in [5.74, 6) is 1.38. The second-order valence-electron chi connectivity index (χ2n) is 16.6. The van der Waals surface area contributed by atoms with E-state index < -0.39 is 0 Å². The van der Waals surface area contributed by atoms with Crippen LogP contribution in [-0.4, -0.2) is 24.1 Å². The lowest BCUT2D eigenvalue weighted by Crippen LogP contribution is -2.03. The highest BCUT2D eigenvalue weighted by Crippen LogP contribution is 2.51. The number of hydrogen-bond donors (Lipinski definition) is 0. The summed E-state index contributed by atoms with van der Waals surface area (Å²) in [7, 11) is 0. The SMILES string of the molecule is N#Cc1cc(-n2c3ccccc3c3c4oc5ccccc5c4c4c(c5ccccc5n4-c4ccccc4)c32)c2oc3ccccc3c2c1-c1nc(-c2ccccc2)nc(-c2ccccc2)n1. The van der Waals surface area contributed by atoms with Crippen LogP contribution in [0.25, 0.3) is 133 Å². The van der Waals surface area contributed by atoms with Crippen LogP contribution >= 0.6 is 0 Å². The molecule has 0 aliphatic heterocycles. The van der Waals surface area contributed by atoms with Gasteiger partial charge in [-0.2, -0.15) is 5.26 Å². The molecular formula is C58H32N6O2. The molecule has 5 aromatic heterocycles. The van der Waals surface area contributed by atoms with Gasteiger partial charge < -0.3 is 18.0 Å². The summed E-state index contributed by atoms with van der Waals surface area (Å²) in [6.45, 7) is 0. The number of aromatic nitrogens is 5. The maximum absolute atomic E-state index is 11.5. The van der Waals surface area contributed by atoms with Gasteiger partial charge in [-0.3, -0.25) is 0 Å². The molecule has 0 fully saturated rings. The van der Waals surface area contributed by atoms with Crippen LogP contribution in [0.4, 0.5) is 0 Å². The molecule has 0 bridgehead atoms. The number of nitriles is 1. The maximum atomic E-state index is 11.5. The van der Waals surface area contributed by atoms with Gasteiger partial charge in [0.2, 0.25) is 0 Å². The van der Waals surface area contributed by atoms with Gasteiger partial charge >= 0.3 is 0 Å². The Kier molecular flexibility index (Phi) is 7.59. The average molecular weight is 845 g/mol. The summed E-state index contributed by atoms with van der Waals surface area (Å²) in [6, 6.07) is 68.2. The Morgan fingerprint density at radius 3 is 1.48 bits per heavy atom. The predicted molar refractivity (Wildman–Crippen MR) is 264 cm³/mol. The van der Waals surface area contributed by atoms with Crippen molar-refractivity contribution >= 4 is 87.5 Å². The van der Waals surface area contributed by atoms with Gasteiger partial charge in [0.05, 0.1) is 50.2 Å². The Morgan fingerprint density at radius 1 is 0.409 bits per heavy atom. The summed E-state index contributed by atoms with van der Waals surface area (Å²) in [6.07, 6.45) is 0. The molecule has 66 heavy (non-hydrogen) atoms. The predicted octanol–water partition coefficient (Wildman–Crippen LogP) is 14.7. The van der Waals surface area contributed by atoms with E-state index in [2.05, 4.69) is 100 Å². The Morgan fingerprint density at radius 2 is 0.864 bits per heavy atom. The number of hydrogen-bond acceptors (Lipinski definition) is 6. The van der Waals surface area contributed by atoms with Crippen LogP contribution in [-0.2, 0) is 0 Å². The van der Waals surface area contributed by atoms with Crippen molar-refractivity contribution in [3.63, 3.8) is 0 Å². The second-order valence-corrected chi connectivity index (χ2v) is 16.6. The molecule has 0 N–H and O–H groups in total. The second kappa shape index (κ2) is 13.8. The third-order valence-electron chi connectivity index (χ3n) is 13.0. The summed E-state index contributed by atoms with van der Waals surface area (Å²) in [4.78, 5) is 15.3. The maximum Gasteiger partial charge on any atom is 0.166 e. The minimum Gasteiger partial charge on any atom is -0.455 e. The molecule has 0 amide bonds. The Balaban J connectivity index is 1.19. The van der Waals surface area contributed by atoms with E-state index >= 15 is 0 Å². The van der Waals surface area contributed by atoms with Crippen molar-refractivity contribution in [3.8, 4) is 51.6 Å². The minimum absolute atomic E-state index is 0.377. The largest absolute Gasteiger partial charge is 0.455 e. The highest BCUT2D eigenvalue weighted by molar-refractivity contribution is 6.39. The third kappa shape index (κ3) is 5.05. The standard InChI is InChI=1S/C58H32N6O2/c59-33-36-32-44(54-48(40-26-12-16-30-45(40)65-54)47(36)58-61-56(34-18-4-1-5-19-34)60-57(62-58)35-20-6-2-7-21-35)64-43-29-15-11-25-39(43)50-53(64)49-38-24-10-14-28-42(38)63(37-22-8-3-9-23-37)52(49)51-41-27-13-17-31-46(41)66-55(50)51/h1-32H. The quantitative estimate of drug-likeness (QED) is 0.171. The van der Waals surface area contributed by atoms with Crippen LogP contribution < -0.4 is 0 Å². The first-order chi connectivity index (χ1) is 32.7. The Labute approximate surface area is 375 Å². The number of furan rings is 2. The fourth-order valence-electron chi connectivity index (χ4n) is 10.3. The number of rotatable bonds is 5. The topological polar surface area (TPSA) is 98.6 Å². The van der Waals surface area contributed by atoms with E-state index in [1.165, 1.54) is 0 Å². The molecule has 8 nitrogen and oxygen atoms in total. The first-order valence-corrected chi connectivity index (χ1v) is 21.8. The normalized spacial score (nSPS) is 11.9. The molecule has 0 aliphatic rings. The first-order valence-electron chi connectivity index (χ1n) is 21.8. The molecule has 306 valence electrons. The van der Waals surface area contributed by atoms with Gasteiger partial charge in [0.15, 0.2) is 23.1 Å². The molecule has 0 unspecified atom stereocenters. The third-order valence-corrected chi connectivity index (χ3v) is 13.0. The van der Waals surface area contributed by atoms with Gasteiger partial charge in [0.1, 0.15) is 16.7 Å². The van der Waals surface area contributed by atoms with Gasteiger partial charge in [0, 0.05) is 54.7 Å². The van der Waals surface area contributed by atoms with Crippen LogP contribution in [0.2, 0.25) is 0 Å². The zero-order valence-corrected chi connectivity index (χ0v) is 35.0. The molecule has 14 rings (SSSR count). The molecular weight excluding hydrogens is 813 g/mol. The highest BCUT2D eigenvalue weighted by atomic mass is 16.3. The summed E-state index contributed by atoms with van der Waals surface area (Å²) >= 11 is 0. The molecule has 5 heterocycles. The van der Waals surface area contributed by atoms with Crippen LogP contribution in [0.3, 0.4) is 0 Å². The van der Waals surface area contributed by atoms with Crippen molar-refractivity contribution in [3.05, 3.63) is 200 Å². The van der Waals surface area contributed by atoms with Crippen molar-refractivity contribution in [1.82, 2.24) is 24.1 Å². The summed E-state index contributed by atoms with van der Waals surface area (Å²) < 4.78 is 18.8. The fourth-order valence-corrected chi connectivity index (χ4v) is 10.3. The van der Waals surface area contributed by atoms with Crippen molar-refractivity contribution in [2.45, 2.75) is 0 Å². The van der Waals surface area contributed by atoms with E-state index in [0.717, 1.165) is 93.1 Å². The lowest BCUT2D eigenvalue weighted by atomic mass is 9.98. The lowest BCUT2D eigenvalue weighted by Gasteiger charge is -2.15. The number of benzene rings is 9. The van der Waals surface area contributed by atoms with E-state index in [1.807, 2.05) is 109 Å². The van der Waals surface area contributed by atoms with E-state index in [0.29, 0.717) is 45.5 Å². The molecule has 0 saturated carbocycles.